The number of carbonyl (C=O) groups is 1. The number of esters is 1. The van der Waals surface area contributed by atoms with Gasteiger partial charge < -0.3 is 4.74 Å². The molecule has 3 rings (SSSR count). The van der Waals surface area contributed by atoms with Gasteiger partial charge in [-0.2, -0.15) is 0 Å². The van der Waals surface area contributed by atoms with Crippen LogP contribution in [0.25, 0.3) is 10.8 Å². The van der Waals surface area contributed by atoms with Crippen LogP contribution in [0.3, 0.4) is 0 Å². The van der Waals surface area contributed by atoms with Gasteiger partial charge in [0, 0.05) is 0 Å². The smallest absolute Gasteiger partial charge is 0.343 e. The van der Waals surface area contributed by atoms with Crippen molar-refractivity contribution in [1.82, 2.24) is 0 Å². The number of halogens is 2. The summed E-state index contributed by atoms with van der Waals surface area (Å²) in [5.74, 6) is -2.46. The van der Waals surface area contributed by atoms with Crippen molar-refractivity contribution < 1.29 is 18.3 Å². The van der Waals surface area contributed by atoms with Crippen molar-refractivity contribution in [1.29, 1.82) is 0 Å². The molecule has 0 bridgehead atoms. The van der Waals surface area contributed by atoms with Gasteiger partial charge in [-0.15, -0.1) is 0 Å². The molecule has 0 fully saturated rings. The lowest BCUT2D eigenvalue weighted by Gasteiger charge is -2.06. The highest BCUT2D eigenvalue weighted by Gasteiger charge is 2.12. The maximum Gasteiger partial charge on any atom is 0.343 e. The highest BCUT2D eigenvalue weighted by Crippen LogP contribution is 2.21. The Labute approximate surface area is 119 Å². The zero-order chi connectivity index (χ0) is 14.8. The molecular formula is C17H10F2O2. The third kappa shape index (κ3) is 2.74. The zero-order valence-corrected chi connectivity index (χ0v) is 10.8. The predicted molar refractivity (Wildman–Crippen MR) is 75.3 cm³/mol. The molecule has 0 spiro atoms. The van der Waals surface area contributed by atoms with Crippen molar-refractivity contribution in [3.63, 3.8) is 0 Å². The Hall–Kier alpha value is -2.75. The number of fused-ring (bicyclic) bond motifs is 1. The van der Waals surface area contributed by atoms with E-state index >= 15 is 0 Å². The van der Waals surface area contributed by atoms with Crippen molar-refractivity contribution in [2.24, 2.45) is 0 Å². The fourth-order valence-corrected chi connectivity index (χ4v) is 2.02. The van der Waals surface area contributed by atoms with Crippen LogP contribution in [-0.2, 0) is 0 Å². The van der Waals surface area contributed by atoms with E-state index in [0.29, 0.717) is 5.75 Å². The minimum Gasteiger partial charge on any atom is -0.423 e. The van der Waals surface area contributed by atoms with E-state index in [1.54, 1.807) is 12.1 Å². The largest absolute Gasteiger partial charge is 0.423 e. The van der Waals surface area contributed by atoms with Crippen LogP contribution in [0.15, 0.2) is 60.7 Å². The second kappa shape index (κ2) is 5.32. The van der Waals surface area contributed by atoms with E-state index in [4.69, 9.17) is 4.74 Å². The summed E-state index contributed by atoms with van der Waals surface area (Å²) in [6.07, 6.45) is 0. The Morgan fingerprint density at radius 3 is 2.33 bits per heavy atom. The molecule has 0 aromatic heterocycles. The molecule has 0 saturated heterocycles. The third-order valence-electron chi connectivity index (χ3n) is 3.09. The number of hydrogen-bond acceptors (Lipinski definition) is 2. The molecule has 0 amide bonds. The minimum atomic E-state index is -1.08. The van der Waals surface area contributed by atoms with E-state index in [9.17, 15) is 13.6 Å². The van der Waals surface area contributed by atoms with E-state index < -0.39 is 17.6 Å². The maximum absolute atomic E-state index is 13.1. The Morgan fingerprint density at radius 2 is 1.57 bits per heavy atom. The number of benzene rings is 3. The van der Waals surface area contributed by atoms with Crippen molar-refractivity contribution in [3.8, 4) is 5.75 Å². The molecule has 0 radical (unpaired) electrons. The summed E-state index contributed by atoms with van der Waals surface area (Å²) in [7, 11) is 0. The molecule has 0 unspecified atom stereocenters. The molecule has 3 aromatic rings. The Balaban J connectivity index is 1.87. The molecule has 2 nitrogen and oxygen atoms in total. The first-order valence-electron chi connectivity index (χ1n) is 6.29. The number of rotatable bonds is 2. The monoisotopic (exact) mass is 284 g/mol. The van der Waals surface area contributed by atoms with Gasteiger partial charge in [0.15, 0.2) is 11.6 Å². The van der Waals surface area contributed by atoms with E-state index in [-0.39, 0.29) is 5.56 Å². The quantitative estimate of drug-likeness (QED) is 0.517. The van der Waals surface area contributed by atoms with Gasteiger partial charge in [-0.1, -0.05) is 30.3 Å². The number of ether oxygens (including phenoxy) is 1. The lowest BCUT2D eigenvalue weighted by atomic mass is 10.1. The average Bonchev–Trinajstić information content (AvgIpc) is 2.50. The fourth-order valence-electron chi connectivity index (χ4n) is 2.02. The first-order valence-corrected chi connectivity index (χ1v) is 6.29. The summed E-state index contributed by atoms with van der Waals surface area (Å²) in [6, 6.07) is 15.7. The van der Waals surface area contributed by atoms with E-state index in [1.807, 2.05) is 30.3 Å². The van der Waals surface area contributed by atoms with Crippen LogP contribution in [0.5, 0.6) is 5.75 Å². The van der Waals surface area contributed by atoms with Gasteiger partial charge in [0.25, 0.3) is 0 Å². The molecule has 0 heterocycles. The van der Waals surface area contributed by atoms with Gasteiger partial charge in [0.1, 0.15) is 5.75 Å². The minimum absolute atomic E-state index is 0.0398. The van der Waals surface area contributed by atoms with Gasteiger partial charge in [0.2, 0.25) is 0 Å². The molecule has 21 heavy (non-hydrogen) atoms. The average molecular weight is 284 g/mol. The van der Waals surface area contributed by atoms with Gasteiger partial charge in [-0.3, -0.25) is 0 Å². The normalized spacial score (nSPS) is 10.6. The van der Waals surface area contributed by atoms with Crippen LogP contribution in [0, 0.1) is 11.6 Å². The molecule has 0 saturated carbocycles. The van der Waals surface area contributed by atoms with E-state index in [2.05, 4.69) is 0 Å². The number of carbonyl (C=O) groups excluding carboxylic acids is 1. The molecule has 0 atom stereocenters. The van der Waals surface area contributed by atoms with Crippen molar-refractivity contribution >= 4 is 16.7 Å². The Morgan fingerprint density at radius 1 is 0.810 bits per heavy atom. The van der Waals surface area contributed by atoms with E-state index in [1.165, 1.54) is 6.07 Å². The van der Waals surface area contributed by atoms with Crippen molar-refractivity contribution in [3.05, 3.63) is 77.9 Å². The summed E-state index contributed by atoms with van der Waals surface area (Å²) < 4.78 is 31.1. The Bertz CT molecular complexity index is 828. The topological polar surface area (TPSA) is 26.3 Å². The standard InChI is InChI=1S/C17H10F2O2/c18-15-8-6-13(10-16(15)19)17(20)21-14-7-5-11-3-1-2-4-12(11)9-14/h1-10H. The molecule has 3 aromatic carbocycles. The number of hydrogen-bond donors (Lipinski definition) is 0. The molecule has 104 valence electrons. The predicted octanol–water partition coefficient (Wildman–Crippen LogP) is 4.34. The third-order valence-corrected chi connectivity index (χ3v) is 3.09. The molecule has 4 heteroatoms. The highest BCUT2D eigenvalue weighted by atomic mass is 19.2. The molecular weight excluding hydrogens is 274 g/mol. The van der Waals surface area contributed by atoms with Crippen LogP contribution in [0.4, 0.5) is 8.78 Å². The molecule has 0 aliphatic heterocycles. The summed E-state index contributed by atoms with van der Waals surface area (Å²) >= 11 is 0. The van der Waals surface area contributed by atoms with Gasteiger partial charge in [-0.05, 0) is 41.1 Å². The summed E-state index contributed by atoms with van der Waals surface area (Å²) in [5, 5.41) is 1.94. The molecule has 0 aliphatic rings. The molecule has 0 aliphatic carbocycles. The van der Waals surface area contributed by atoms with E-state index in [0.717, 1.165) is 22.9 Å². The molecule has 0 N–H and O–H groups in total. The van der Waals surface area contributed by atoms with Gasteiger partial charge >= 0.3 is 5.97 Å². The Kier molecular flexibility index (Phi) is 3.36. The van der Waals surface area contributed by atoms with Crippen LogP contribution in [-0.4, -0.2) is 5.97 Å². The summed E-state index contributed by atoms with van der Waals surface area (Å²) in [6.45, 7) is 0. The lowest BCUT2D eigenvalue weighted by Crippen LogP contribution is -2.09. The second-order valence-corrected chi connectivity index (χ2v) is 4.53. The SMILES string of the molecule is O=C(Oc1ccc2ccccc2c1)c1ccc(F)c(F)c1. The van der Waals surface area contributed by atoms with Crippen LogP contribution in [0.2, 0.25) is 0 Å². The maximum atomic E-state index is 13.1. The van der Waals surface area contributed by atoms with Crippen molar-refractivity contribution in [2.45, 2.75) is 0 Å². The first kappa shape index (κ1) is 13.2. The second-order valence-electron chi connectivity index (χ2n) is 4.53. The highest BCUT2D eigenvalue weighted by molar-refractivity contribution is 5.92. The van der Waals surface area contributed by atoms with Crippen LogP contribution < -0.4 is 4.74 Å². The zero-order valence-electron chi connectivity index (χ0n) is 10.8. The van der Waals surface area contributed by atoms with Crippen LogP contribution in [0.1, 0.15) is 10.4 Å². The van der Waals surface area contributed by atoms with Gasteiger partial charge in [0.05, 0.1) is 5.56 Å². The fraction of sp³-hybridized carbons (Fsp3) is 0. The van der Waals surface area contributed by atoms with Gasteiger partial charge in [-0.25, -0.2) is 13.6 Å². The summed E-state index contributed by atoms with van der Waals surface area (Å²) in [4.78, 5) is 11.9. The first-order chi connectivity index (χ1) is 10.1. The van der Waals surface area contributed by atoms with Crippen LogP contribution >= 0.6 is 0 Å². The summed E-state index contributed by atoms with van der Waals surface area (Å²) in [5.41, 5.74) is -0.0398. The van der Waals surface area contributed by atoms with Crippen molar-refractivity contribution in [2.75, 3.05) is 0 Å². The lowest BCUT2D eigenvalue weighted by molar-refractivity contribution is 0.0734.